The lowest BCUT2D eigenvalue weighted by atomic mass is 9.91. The van der Waals surface area contributed by atoms with Gasteiger partial charge in [0.25, 0.3) is 5.91 Å². The van der Waals surface area contributed by atoms with Gasteiger partial charge in [0, 0.05) is 30.1 Å². The van der Waals surface area contributed by atoms with E-state index < -0.39 is 6.04 Å². The number of aromatic nitrogens is 1. The largest absolute Gasteiger partial charge is 0.497 e. The quantitative estimate of drug-likeness (QED) is 0.532. The van der Waals surface area contributed by atoms with Gasteiger partial charge in [0.15, 0.2) is 0 Å². The Labute approximate surface area is 199 Å². The molecule has 1 fully saturated rings. The van der Waals surface area contributed by atoms with E-state index in [1.807, 2.05) is 51.2 Å². The lowest BCUT2D eigenvalue weighted by Gasteiger charge is -2.30. The van der Waals surface area contributed by atoms with Crippen LogP contribution in [0.25, 0.3) is 10.9 Å². The molecular weight excluding hydrogens is 430 g/mol. The van der Waals surface area contributed by atoms with Crippen LogP contribution in [0, 0.1) is 5.41 Å². The number of hydrogen-bond acceptors (Lipinski definition) is 4. The number of fused-ring (bicyclic) bond motifs is 1. The van der Waals surface area contributed by atoms with E-state index in [4.69, 9.17) is 4.74 Å². The number of aromatic amines is 1. The van der Waals surface area contributed by atoms with E-state index in [0.717, 1.165) is 16.5 Å². The fourth-order valence-corrected chi connectivity index (χ4v) is 4.45. The summed E-state index contributed by atoms with van der Waals surface area (Å²) in [5, 5.41) is 1.10. The second-order valence-corrected chi connectivity index (χ2v) is 9.92. The van der Waals surface area contributed by atoms with Crippen molar-refractivity contribution in [2.75, 3.05) is 18.6 Å². The second-order valence-electron chi connectivity index (χ2n) is 9.92. The Morgan fingerprint density at radius 1 is 1.12 bits per heavy atom. The number of para-hydroxylation sites is 1. The average Bonchev–Trinajstić information content (AvgIpc) is 3.33. The van der Waals surface area contributed by atoms with E-state index in [-0.39, 0.29) is 29.6 Å². The monoisotopic (exact) mass is 461 g/mol. The highest BCUT2D eigenvalue weighted by Gasteiger charge is 2.44. The highest BCUT2D eigenvalue weighted by atomic mass is 16.5. The van der Waals surface area contributed by atoms with Crippen LogP contribution in [0.4, 0.5) is 5.69 Å². The van der Waals surface area contributed by atoms with Gasteiger partial charge in [-0.3, -0.25) is 14.4 Å². The highest BCUT2D eigenvalue weighted by molar-refractivity contribution is 6.23. The molecule has 3 amide bonds. The van der Waals surface area contributed by atoms with Crippen LogP contribution >= 0.6 is 0 Å². The van der Waals surface area contributed by atoms with Gasteiger partial charge >= 0.3 is 0 Å². The molecule has 2 aromatic carbocycles. The zero-order chi connectivity index (χ0) is 24.5. The van der Waals surface area contributed by atoms with Crippen LogP contribution in [0.5, 0.6) is 5.75 Å². The molecule has 1 saturated heterocycles. The van der Waals surface area contributed by atoms with E-state index in [1.165, 1.54) is 4.90 Å². The normalized spacial score (nSPS) is 16.4. The van der Waals surface area contributed by atoms with Gasteiger partial charge in [0.05, 0.1) is 19.2 Å². The molecule has 178 valence electrons. The number of benzene rings is 2. The van der Waals surface area contributed by atoms with Crippen molar-refractivity contribution in [3.8, 4) is 5.75 Å². The third kappa shape index (κ3) is 4.83. The molecule has 1 aromatic heterocycles. The number of hydrogen-bond donors (Lipinski definition) is 1. The van der Waals surface area contributed by atoms with E-state index in [1.54, 1.807) is 36.3 Å². The summed E-state index contributed by atoms with van der Waals surface area (Å²) in [5.74, 6) is -0.146. The van der Waals surface area contributed by atoms with Gasteiger partial charge in [0.1, 0.15) is 11.8 Å². The Morgan fingerprint density at radius 3 is 2.50 bits per heavy atom. The van der Waals surface area contributed by atoms with Gasteiger partial charge in [-0.05, 0) is 47.7 Å². The molecule has 3 aromatic rings. The molecule has 1 aliphatic rings. The Balaban J connectivity index is 1.59. The number of rotatable bonds is 7. The number of H-pyrrole nitrogens is 1. The number of anilines is 1. The zero-order valence-electron chi connectivity index (χ0n) is 20.1. The van der Waals surface area contributed by atoms with Crippen LogP contribution in [0.15, 0.2) is 54.7 Å². The van der Waals surface area contributed by atoms with Gasteiger partial charge in [0.2, 0.25) is 11.8 Å². The first-order chi connectivity index (χ1) is 16.2. The summed E-state index contributed by atoms with van der Waals surface area (Å²) in [6.45, 7) is 6.34. The Bertz CT molecular complexity index is 1210. The van der Waals surface area contributed by atoms with Crippen molar-refractivity contribution in [2.45, 2.75) is 46.1 Å². The number of nitrogens with one attached hydrogen (secondary N) is 1. The van der Waals surface area contributed by atoms with Crippen molar-refractivity contribution in [2.24, 2.45) is 5.41 Å². The fraction of sp³-hybridized carbons (Fsp3) is 0.370. The van der Waals surface area contributed by atoms with Crippen molar-refractivity contribution in [1.82, 2.24) is 9.88 Å². The smallest absolute Gasteiger partial charge is 0.257 e. The Hall–Kier alpha value is -3.61. The van der Waals surface area contributed by atoms with Gasteiger partial charge in [-0.2, -0.15) is 0 Å². The van der Waals surface area contributed by atoms with E-state index in [0.29, 0.717) is 30.8 Å². The zero-order valence-corrected chi connectivity index (χ0v) is 20.1. The van der Waals surface area contributed by atoms with Crippen molar-refractivity contribution in [1.29, 1.82) is 0 Å². The number of nitrogens with zero attached hydrogens (tertiary/aromatic N) is 2. The lowest BCUT2D eigenvalue weighted by molar-refractivity contribution is -0.139. The maximum atomic E-state index is 13.4. The van der Waals surface area contributed by atoms with Gasteiger partial charge in [-0.1, -0.05) is 39.0 Å². The van der Waals surface area contributed by atoms with Crippen molar-refractivity contribution < 1.29 is 19.1 Å². The first kappa shape index (κ1) is 23.5. The SMILES string of the molecule is COc1ccc(N2C(=O)CC(N(CCc3c[nH]c4ccccc34)C(=O)CC(C)(C)C)C2=O)cc1. The van der Waals surface area contributed by atoms with Crippen LogP contribution in [-0.4, -0.2) is 47.3 Å². The summed E-state index contributed by atoms with van der Waals surface area (Å²) in [6.07, 6.45) is 2.80. The molecule has 0 aliphatic carbocycles. The number of carbonyl (C=O) groups excluding carboxylic acids is 3. The van der Waals surface area contributed by atoms with Gasteiger partial charge < -0.3 is 14.6 Å². The van der Waals surface area contributed by atoms with Crippen molar-refractivity contribution in [3.05, 3.63) is 60.3 Å². The van der Waals surface area contributed by atoms with Crippen molar-refractivity contribution >= 4 is 34.3 Å². The number of amides is 3. The average molecular weight is 462 g/mol. The second kappa shape index (κ2) is 9.33. The minimum Gasteiger partial charge on any atom is -0.497 e. The summed E-state index contributed by atoms with van der Waals surface area (Å²) in [6, 6.07) is 14.0. The molecule has 7 heteroatoms. The molecule has 0 radical (unpaired) electrons. The summed E-state index contributed by atoms with van der Waals surface area (Å²) >= 11 is 0. The summed E-state index contributed by atoms with van der Waals surface area (Å²) in [4.78, 5) is 45.8. The summed E-state index contributed by atoms with van der Waals surface area (Å²) in [5.41, 5.74) is 2.35. The van der Waals surface area contributed by atoms with E-state index in [2.05, 4.69) is 4.98 Å². The minimum atomic E-state index is -0.811. The molecular formula is C27H31N3O4. The molecule has 1 N–H and O–H groups in total. The molecule has 0 saturated carbocycles. The summed E-state index contributed by atoms with van der Waals surface area (Å²) < 4.78 is 5.18. The van der Waals surface area contributed by atoms with E-state index >= 15 is 0 Å². The number of carbonyl (C=O) groups is 3. The molecule has 0 bridgehead atoms. The molecule has 2 heterocycles. The molecule has 1 atom stereocenters. The number of ether oxygens (including phenoxy) is 1. The van der Waals surface area contributed by atoms with Crippen LogP contribution in [-0.2, 0) is 20.8 Å². The lowest BCUT2D eigenvalue weighted by Crippen LogP contribution is -2.47. The maximum absolute atomic E-state index is 13.4. The molecule has 1 aliphatic heterocycles. The molecule has 0 spiro atoms. The standard InChI is InChI=1S/C27H31N3O4/c1-27(2,3)16-25(32)29(14-13-18-17-28-22-8-6-5-7-21(18)22)23-15-24(31)30(26(23)33)19-9-11-20(34-4)12-10-19/h5-12,17,23,28H,13-16H2,1-4H3. The van der Waals surface area contributed by atoms with Crippen molar-refractivity contribution in [3.63, 3.8) is 0 Å². The maximum Gasteiger partial charge on any atom is 0.257 e. The fourth-order valence-electron chi connectivity index (χ4n) is 4.45. The predicted octanol–water partition coefficient (Wildman–Crippen LogP) is 4.32. The number of methoxy groups -OCH3 is 1. The first-order valence-electron chi connectivity index (χ1n) is 11.5. The van der Waals surface area contributed by atoms with Crippen LogP contribution in [0.2, 0.25) is 0 Å². The Kier molecular flexibility index (Phi) is 6.46. The topological polar surface area (TPSA) is 82.7 Å². The molecule has 7 nitrogen and oxygen atoms in total. The first-order valence-corrected chi connectivity index (χ1v) is 11.5. The third-order valence-corrected chi connectivity index (χ3v) is 6.13. The van der Waals surface area contributed by atoms with E-state index in [9.17, 15) is 14.4 Å². The van der Waals surface area contributed by atoms with Gasteiger partial charge in [-0.25, -0.2) is 4.90 Å². The summed E-state index contributed by atoms with van der Waals surface area (Å²) in [7, 11) is 1.56. The molecule has 4 rings (SSSR count). The van der Waals surface area contributed by atoms with Gasteiger partial charge in [-0.15, -0.1) is 0 Å². The van der Waals surface area contributed by atoms with Crippen LogP contribution < -0.4 is 9.64 Å². The predicted molar refractivity (Wildman–Crippen MR) is 132 cm³/mol. The third-order valence-electron chi connectivity index (χ3n) is 6.13. The van der Waals surface area contributed by atoms with Crippen LogP contribution in [0.3, 0.4) is 0 Å². The highest BCUT2D eigenvalue weighted by Crippen LogP contribution is 2.30. The Morgan fingerprint density at radius 2 is 1.82 bits per heavy atom. The molecule has 1 unspecified atom stereocenters. The minimum absolute atomic E-state index is 0.0192. The van der Waals surface area contributed by atoms with Crippen LogP contribution in [0.1, 0.15) is 39.2 Å². The number of imide groups is 1. The molecule has 34 heavy (non-hydrogen) atoms.